The maximum Gasteiger partial charge on any atom is 0.130 e. The molecule has 2 atom stereocenters. The van der Waals surface area contributed by atoms with Crippen LogP contribution in [0.4, 0.5) is 0 Å². The quantitative estimate of drug-likeness (QED) is 0.556. The van der Waals surface area contributed by atoms with E-state index in [9.17, 15) is 4.79 Å². The minimum Gasteiger partial charge on any atom is -0.300 e. The topological polar surface area (TPSA) is 17.1 Å². The zero-order valence-corrected chi connectivity index (χ0v) is 7.34. The highest BCUT2D eigenvalue weighted by atomic mass is 16.1. The summed E-state index contributed by atoms with van der Waals surface area (Å²) in [7, 11) is 0. The van der Waals surface area contributed by atoms with E-state index in [0.29, 0.717) is 17.6 Å². The highest BCUT2D eigenvalue weighted by Gasteiger charge is 2.18. The van der Waals surface area contributed by atoms with Crippen molar-refractivity contribution in [2.75, 3.05) is 0 Å². The van der Waals surface area contributed by atoms with Crippen LogP contribution in [0.1, 0.15) is 33.1 Å². The molecule has 11 heavy (non-hydrogen) atoms. The van der Waals surface area contributed by atoms with E-state index in [-0.39, 0.29) is 0 Å². The monoisotopic (exact) mass is 152 g/mol. The van der Waals surface area contributed by atoms with Gasteiger partial charge in [0, 0.05) is 6.42 Å². The maximum atomic E-state index is 10.8. The van der Waals surface area contributed by atoms with Crippen LogP contribution >= 0.6 is 0 Å². The first-order valence-corrected chi connectivity index (χ1v) is 4.36. The van der Waals surface area contributed by atoms with Crippen molar-refractivity contribution >= 4 is 5.78 Å². The van der Waals surface area contributed by atoms with Gasteiger partial charge < -0.3 is 4.79 Å². The molecule has 0 aromatic carbocycles. The summed E-state index contributed by atoms with van der Waals surface area (Å²) < 4.78 is 0. The van der Waals surface area contributed by atoms with Crippen LogP contribution in [0, 0.1) is 11.8 Å². The summed E-state index contributed by atoms with van der Waals surface area (Å²) >= 11 is 0. The maximum absolute atomic E-state index is 10.8. The molecule has 1 rings (SSSR count). The normalized spacial score (nSPS) is 30.4. The first kappa shape index (κ1) is 8.51. The van der Waals surface area contributed by atoms with Crippen molar-refractivity contribution in [2.45, 2.75) is 33.1 Å². The summed E-state index contributed by atoms with van der Waals surface area (Å²) in [6.45, 7) is 3.88. The lowest BCUT2D eigenvalue weighted by Crippen LogP contribution is -2.15. The number of rotatable bonds is 2. The van der Waals surface area contributed by atoms with Gasteiger partial charge in [0.15, 0.2) is 0 Å². The highest BCUT2D eigenvalue weighted by molar-refractivity contribution is 5.75. The van der Waals surface area contributed by atoms with Crippen molar-refractivity contribution in [1.82, 2.24) is 0 Å². The Hall–Kier alpha value is -0.590. The van der Waals surface area contributed by atoms with Crippen LogP contribution in [0.15, 0.2) is 12.2 Å². The summed E-state index contributed by atoms with van der Waals surface area (Å²) in [6.07, 6.45) is 7.57. The molecule has 0 bridgehead atoms. The number of hydrogen-bond acceptors (Lipinski definition) is 1. The smallest absolute Gasteiger partial charge is 0.130 e. The Kier molecular flexibility index (Phi) is 2.86. The average Bonchev–Trinajstić information content (AvgIpc) is 1.93. The zero-order chi connectivity index (χ0) is 8.27. The Morgan fingerprint density at radius 1 is 1.64 bits per heavy atom. The molecule has 0 N–H and O–H groups in total. The van der Waals surface area contributed by atoms with E-state index in [4.69, 9.17) is 0 Å². The van der Waals surface area contributed by atoms with Crippen LogP contribution in [-0.4, -0.2) is 5.78 Å². The first-order valence-electron chi connectivity index (χ1n) is 4.36. The third-order valence-electron chi connectivity index (χ3n) is 2.44. The van der Waals surface area contributed by atoms with E-state index in [1.807, 2.05) is 0 Å². The van der Waals surface area contributed by atoms with Gasteiger partial charge in [-0.15, -0.1) is 0 Å². The second kappa shape index (κ2) is 3.70. The van der Waals surface area contributed by atoms with Gasteiger partial charge in [0.2, 0.25) is 0 Å². The number of allylic oxidation sites excluding steroid dienone is 2. The molecular formula is C10H16O. The van der Waals surface area contributed by atoms with E-state index in [1.54, 1.807) is 6.92 Å². The molecule has 0 fully saturated rings. The predicted octanol–water partition coefficient (Wildman–Crippen LogP) is 2.57. The lowest BCUT2D eigenvalue weighted by Gasteiger charge is -2.23. The largest absolute Gasteiger partial charge is 0.300 e. The molecule has 1 aliphatic carbocycles. The summed E-state index contributed by atoms with van der Waals surface area (Å²) in [5.74, 6) is 1.54. The van der Waals surface area contributed by atoms with Crippen LogP contribution in [0.5, 0.6) is 0 Å². The molecule has 62 valence electrons. The number of hydrogen-bond donors (Lipinski definition) is 0. The molecule has 0 spiro atoms. The standard InChI is InChI=1S/C10H16O/c1-8-5-3-4-6-10(8)7-9(2)11/h3,5,8,10H,4,6-7H2,1-2H3. The number of carbonyl (C=O) groups excluding carboxylic acids is 1. The van der Waals surface area contributed by atoms with Crippen LogP contribution < -0.4 is 0 Å². The molecule has 0 aromatic rings. The van der Waals surface area contributed by atoms with E-state index >= 15 is 0 Å². The van der Waals surface area contributed by atoms with Gasteiger partial charge in [-0.1, -0.05) is 19.1 Å². The minimum absolute atomic E-state index is 0.331. The Balaban J connectivity index is 2.45. The molecule has 1 heteroatoms. The van der Waals surface area contributed by atoms with Gasteiger partial charge in [0.05, 0.1) is 0 Å². The van der Waals surface area contributed by atoms with Gasteiger partial charge in [0.1, 0.15) is 5.78 Å². The lowest BCUT2D eigenvalue weighted by atomic mass is 9.82. The number of Topliss-reactive ketones (excluding diaryl/α,β-unsaturated/α-hetero) is 1. The van der Waals surface area contributed by atoms with Crippen molar-refractivity contribution in [3.8, 4) is 0 Å². The van der Waals surface area contributed by atoms with E-state index in [1.165, 1.54) is 6.42 Å². The second-order valence-electron chi connectivity index (χ2n) is 3.53. The fourth-order valence-electron chi connectivity index (χ4n) is 1.70. The van der Waals surface area contributed by atoms with Gasteiger partial charge in [-0.3, -0.25) is 0 Å². The second-order valence-corrected chi connectivity index (χ2v) is 3.53. The molecule has 0 heterocycles. The van der Waals surface area contributed by atoms with E-state index in [2.05, 4.69) is 19.1 Å². The molecule has 2 unspecified atom stereocenters. The lowest BCUT2D eigenvalue weighted by molar-refractivity contribution is -0.118. The average molecular weight is 152 g/mol. The van der Waals surface area contributed by atoms with Gasteiger partial charge in [-0.25, -0.2) is 0 Å². The van der Waals surface area contributed by atoms with Crippen LogP contribution in [0.2, 0.25) is 0 Å². The van der Waals surface area contributed by atoms with Gasteiger partial charge in [-0.2, -0.15) is 0 Å². The first-order chi connectivity index (χ1) is 5.20. The molecule has 1 aliphatic rings. The molecule has 0 aliphatic heterocycles. The fraction of sp³-hybridized carbons (Fsp3) is 0.700. The van der Waals surface area contributed by atoms with Crippen LogP contribution in [0.3, 0.4) is 0 Å². The molecule has 0 saturated carbocycles. The predicted molar refractivity (Wildman–Crippen MR) is 46.3 cm³/mol. The Bertz CT molecular complexity index is 170. The van der Waals surface area contributed by atoms with Gasteiger partial charge in [0.25, 0.3) is 0 Å². The Morgan fingerprint density at radius 2 is 2.36 bits per heavy atom. The van der Waals surface area contributed by atoms with Crippen LogP contribution in [0.25, 0.3) is 0 Å². The van der Waals surface area contributed by atoms with Crippen molar-refractivity contribution in [1.29, 1.82) is 0 Å². The molecular weight excluding hydrogens is 136 g/mol. The summed E-state index contributed by atoms with van der Waals surface area (Å²) in [5, 5.41) is 0. The van der Waals surface area contributed by atoms with Crippen molar-refractivity contribution in [3.05, 3.63) is 12.2 Å². The van der Waals surface area contributed by atoms with Crippen molar-refractivity contribution < 1.29 is 4.79 Å². The van der Waals surface area contributed by atoms with Crippen molar-refractivity contribution in [3.63, 3.8) is 0 Å². The summed E-state index contributed by atoms with van der Waals surface area (Å²) in [6, 6.07) is 0. The number of carbonyl (C=O) groups is 1. The molecule has 1 nitrogen and oxygen atoms in total. The van der Waals surface area contributed by atoms with Gasteiger partial charge in [-0.05, 0) is 31.6 Å². The van der Waals surface area contributed by atoms with Crippen LogP contribution in [-0.2, 0) is 4.79 Å². The number of ketones is 1. The minimum atomic E-state index is 0.331. The summed E-state index contributed by atoms with van der Waals surface area (Å²) in [4.78, 5) is 10.8. The van der Waals surface area contributed by atoms with E-state index in [0.717, 1.165) is 12.8 Å². The highest BCUT2D eigenvalue weighted by Crippen LogP contribution is 2.26. The molecule has 0 amide bonds. The Morgan fingerprint density at radius 3 is 2.91 bits per heavy atom. The zero-order valence-electron chi connectivity index (χ0n) is 7.34. The third-order valence-corrected chi connectivity index (χ3v) is 2.44. The third kappa shape index (κ3) is 2.49. The molecule has 0 aromatic heterocycles. The molecule has 0 radical (unpaired) electrons. The van der Waals surface area contributed by atoms with E-state index < -0.39 is 0 Å². The SMILES string of the molecule is CC(=O)CC1CCC=CC1C. The summed E-state index contributed by atoms with van der Waals surface area (Å²) in [5.41, 5.74) is 0. The van der Waals surface area contributed by atoms with Crippen molar-refractivity contribution in [2.24, 2.45) is 11.8 Å². The fourth-order valence-corrected chi connectivity index (χ4v) is 1.70. The Labute approximate surface area is 68.5 Å². The van der Waals surface area contributed by atoms with Gasteiger partial charge >= 0.3 is 0 Å². The molecule has 0 saturated heterocycles.